The van der Waals surface area contributed by atoms with E-state index in [4.69, 9.17) is 11.0 Å². The Morgan fingerprint density at radius 2 is 2.05 bits per heavy atom. The molecule has 108 valence electrons. The van der Waals surface area contributed by atoms with E-state index in [1.807, 2.05) is 31.2 Å². The predicted molar refractivity (Wildman–Crippen MR) is 83.7 cm³/mol. The van der Waals surface area contributed by atoms with Gasteiger partial charge in [-0.2, -0.15) is 5.26 Å². The van der Waals surface area contributed by atoms with E-state index in [9.17, 15) is 0 Å². The molecule has 2 N–H and O–H groups in total. The molecule has 0 saturated heterocycles. The molecule has 0 amide bonds. The number of hydrogen-bond acceptors (Lipinski definition) is 5. The highest BCUT2D eigenvalue weighted by atomic mass is 15.2. The highest BCUT2D eigenvalue weighted by Crippen LogP contribution is 2.18. The molecule has 0 spiro atoms. The maximum atomic E-state index is 9.05. The molecule has 1 heterocycles. The lowest BCUT2D eigenvalue weighted by Crippen LogP contribution is -2.26. The van der Waals surface area contributed by atoms with Gasteiger partial charge in [-0.1, -0.05) is 25.1 Å². The van der Waals surface area contributed by atoms with Gasteiger partial charge in [-0.05, 0) is 31.0 Å². The number of hydrogen-bond donors (Lipinski definition) is 1. The summed E-state index contributed by atoms with van der Waals surface area (Å²) in [6.07, 6.45) is 0.964. The van der Waals surface area contributed by atoms with Gasteiger partial charge in [0.2, 0.25) is 5.95 Å². The number of nitriles is 1. The first-order chi connectivity index (χ1) is 10.1. The summed E-state index contributed by atoms with van der Waals surface area (Å²) in [4.78, 5) is 10.8. The summed E-state index contributed by atoms with van der Waals surface area (Å²) in [5.74, 6) is 0.580. The van der Waals surface area contributed by atoms with E-state index in [1.54, 1.807) is 6.07 Å². The SMILES string of the molecule is CCCN(Cc1ccccc1N)c1nc(C)cc(C#N)n1. The third-order valence-corrected chi connectivity index (χ3v) is 3.15. The van der Waals surface area contributed by atoms with Gasteiger partial charge in [-0.15, -0.1) is 0 Å². The molecule has 0 aliphatic carbocycles. The first-order valence-corrected chi connectivity index (χ1v) is 6.98. The summed E-state index contributed by atoms with van der Waals surface area (Å²) in [6.45, 7) is 5.41. The Labute approximate surface area is 125 Å². The van der Waals surface area contributed by atoms with Crippen LogP contribution in [0.25, 0.3) is 0 Å². The highest BCUT2D eigenvalue weighted by Gasteiger charge is 2.12. The molecule has 0 radical (unpaired) electrons. The van der Waals surface area contributed by atoms with Crippen molar-refractivity contribution in [2.24, 2.45) is 0 Å². The fourth-order valence-corrected chi connectivity index (χ4v) is 2.16. The van der Waals surface area contributed by atoms with E-state index in [-0.39, 0.29) is 0 Å². The van der Waals surface area contributed by atoms with Gasteiger partial charge < -0.3 is 10.6 Å². The molecule has 0 fully saturated rings. The summed E-state index contributed by atoms with van der Waals surface area (Å²) in [7, 11) is 0. The van der Waals surface area contributed by atoms with Crippen LogP contribution < -0.4 is 10.6 Å². The number of nitrogen functional groups attached to an aromatic ring is 1. The summed E-state index contributed by atoms with van der Waals surface area (Å²) < 4.78 is 0. The summed E-state index contributed by atoms with van der Waals surface area (Å²) in [5, 5.41) is 9.05. The number of para-hydroxylation sites is 1. The molecule has 21 heavy (non-hydrogen) atoms. The maximum Gasteiger partial charge on any atom is 0.227 e. The van der Waals surface area contributed by atoms with Crippen LogP contribution >= 0.6 is 0 Å². The molecular weight excluding hydrogens is 262 g/mol. The normalized spacial score (nSPS) is 10.1. The van der Waals surface area contributed by atoms with Crippen LogP contribution in [0.5, 0.6) is 0 Å². The van der Waals surface area contributed by atoms with Gasteiger partial charge in [-0.25, -0.2) is 9.97 Å². The van der Waals surface area contributed by atoms with Gasteiger partial charge in [0.25, 0.3) is 0 Å². The van der Waals surface area contributed by atoms with E-state index in [2.05, 4.69) is 27.9 Å². The minimum atomic E-state index is 0.389. The monoisotopic (exact) mass is 281 g/mol. The molecule has 0 aliphatic heterocycles. The second-order valence-corrected chi connectivity index (χ2v) is 4.93. The van der Waals surface area contributed by atoms with Crippen molar-refractivity contribution in [3.05, 3.63) is 47.3 Å². The Morgan fingerprint density at radius 3 is 2.71 bits per heavy atom. The molecule has 2 rings (SSSR count). The fraction of sp³-hybridized carbons (Fsp3) is 0.312. The van der Waals surface area contributed by atoms with Crippen LogP contribution in [0.15, 0.2) is 30.3 Å². The average molecular weight is 281 g/mol. The largest absolute Gasteiger partial charge is 0.398 e. The third-order valence-electron chi connectivity index (χ3n) is 3.15. The number of aromatic nitrogens is 2. The van der Waals surface area contributed by atoms with Crippen molar-refractivity contribution in [2.45, 2.75) is 26.8 Å². The molecule has 0 bridgehead atoms. The Hall–Kier alpha value is -2.61. The maximum absolute atomic E-state index is 9.05. The third kappa shape index (κ3) is 3.69. The molecule has 2 aromatic rings. The van der Waals surface area contributed by atoms with Crippen LogP contribution in [0.2, 0.25) is 0 Å². The molecule has 0 aliphatic rings. The summed E-state index contributed by atoms with van der Waals surface area (Å²) in [6, 6.07) is 11.5. The topological polar surface area (TPSA) is 78.8 Å². The zero-order chi connectivity index (χ0) is 15.2. The van der Waals surface area contributed by atoms with Crippen LogP contribution in [0.1, 0.15) is 30.3 Å². The number of anilines is 2. The zero-order valence-electron chi connectivity index (χ0n) is 12.4. The highest BCUT2D eigenvalue weighted by molar-refractivity contribution is 5.49. The van der Waals surface area contributed by atoms with Crippen molar-refractivity contribution in [1.29, 1.82) is 5.26 Å². The minimum Gasteiger partial charge on any atom is -0.398 e. The molecule has 0 saturated carbocycles. The molecule has 1 aromatic carbocycles. The van der Waals surface area contributed by atoms with Gasteiger partial charge >= 0.3 is 0 Å². The van der Waals surface area contributed by atoms with Crippen LogP contribution in [0.4, 0.5) is 11.6 Å². The molecule has 0 atom stereocenters. The van der Waals surface area contributed by atoms with Crippen molar-refractivity contribution in [3.63, 3.8) is 0 Å². The minimum absolute atomic E-state index is 0.389. The van der Waals surface area contributed by atoms with Crippen LogP contribution in [0, 0.1) is 18.3 Å². The predicted octanol–water partition coefficient (Wildman–Crippen LogP) is 2.66. The summed E-state index contributed by atoms with van der Waals surface area (Å²) in [5.41, 5.74) is 8.98. The number of benzene rings is 1. The van der Waals surface area contributed by atoms with Gasteiger partial charge in [0.15, 0.2) is 0 Å². The Bertz CT molecular complexity index is 660. The lowest BCUT2D eigenvalue weighted by Gasteiger charge is -2.23. The molecule has 5 heteroatoms. The van der Waals surface area contributed by atoms with Crippen LogP contribution in [-0.2, 0) is 6.54 Å². The Morgan fingerprint density at radius 1 is 1.29 bits per heavy atom. The standard InChI is InChI=1S/C16H19N5/c1-3-8-21(11-13-6-4-5-7-15(13)18)16-19-12(2)9-14(10-17)20-16/h4-7,9H,3,8,11,18H2,1-2H3. The van der Waals surface area contributed by atoms with Crippen molar-refractivity contribution in [1.82, 2.24) is 9.97 Å². The van der Waals surface area contributed by atoms with Crippen molar-refractivity contribution in [3.8, 4) is 6.07 Å². The molecule has 1 aromatic heterocycles. The Balaban J connectivity index is 2.33. The lowest BCUT2D eigenvalue weighted by molar-refractivity contribution is 0.736. The second-order valence-electron chi connectivity index (χ2n) is 4.93. The Kier molecular flexibility index (Phi) is 4.72. The van der Waals surface area contributed by atoms with Crippen molar-refractivity contribution < 1.29 is 0 Å². The lowest BCUT2D eigenvalue weighted by atomic mass is 10.1. The van der Waals surface area contributed by atoms with Gasteiger partial charge in [0.05, 0.1) is 0 Å². The molecular formula is C16H19N5. The van der Waals surface area contributed by atoms with E-state index >= 15 is 0 Å². The first kappa shape index (κ1) is 14.8. The number of aryl methyl sites for hydroxylation is 1. The number of nitrogens with two attached hydrogens (primary N) is 1. The van der Waals surface area contributed by atoms with Gasteiger partial charge in [0, 0.05) is 24.5 Å². The summed E-state index contributed by atoms with van der Waals surface area (Å²) >= 11 is 0. The van der Waals surface area contributed by atoms with Crippen LogP contribution in [0.3, 0.4) is 0 Å². The van der Waals surface area contributed by atoms with Gasteiger partial charge in [-0.3, -0.25) is 0 Å². The molecule has 5 nitrogen and oxygen atoms in total. The zero-order valence-corrected chi connectivity index (χ0v) is 12.4. The van der Waals surface area contributed by atoms with Gasteiger partial charge in [0.1, 0.15) is 11.8 Å². The van der Waals surface area contributed by atoms with E-state index in [1.165, 1.54) is 0 Å². The smallest absolute Gasteiger partial charge is 0.227 e. The first-order valence-electron chi connectivity index (χ1n) is 6.98. The van der Waals surface area contributed by atoms with E-state index in [0.717, 1.165) is 29.9 Å². The number of nitrogens with zero attached hydrogens (tertiary/aromatic N) is 4. The second kappa shape index (κ2) is 6.71. The van der Waals surface area contributed by atoms with Crippen LogP contribution in [-0.4, -0.2) is 16.5 Å². The average Bonchev–Trinajstić information content (AvgIpc) is 2.48. The fourth-order valence-electron chi connectivity index (χ4n) is 2.16. The van der Waals surface area contributed by atoms with E-state index < -0.39 is 0 Å². The van der Waals surface area contributed by atoms with Crippen molar-refractivity contribution in [2.75, 3.05) is 17.2 Å². The quantitative estimate of drug-likeness (QED) is 0.852. The van der Waals surface area contributed by atoms with Crippen molar-refractivity contribution >= 4 is 11.6 Å². The van der Waals surface area contributed by atoms with E-state index in [0.29, 0.717) is 18.2 Å². The molecule has 0 unspecified atom stereocenters. The number of rotatable bonds is 5.